The van der Waals surface area contributed by atoms with E-state index in [1.165, 1.54) is 109 Å². The highest BCUT2D eigenvalue weighted by molar-refractivity contribution is 5.71. The molecule has 0 aliphatic heterocycles. The first-order valence-corrected chi connectivity index (χ1v) is 29.9. The number of carbonyl (C=O) groups is 3. The summed E-state index contributed by atoms with van der Waals surface area (Å²) in [6.07, 6.45) is 80.7. The Balaban J connectivity index is 4.50. The Morgan fingerprint density at radius 2 is 0.597 bits per heavy atom. The maximum atomic E-state index is 12.9. The summed E-state index contributed by atoms with van der Waals surface area (Å²) in [6.45, 7) is 6.46. The van der Waals surface area contributed by atoms with Crippen molar-refractivity contribution in [1.82, 2.24) is 0 Å². The number of esters is 3. The van der Waals surface area contributed by atoms with Gasteiger partial charge in [-0.1, -0.05) is 271 Å². The Labute approximate surface area is 444 Å². The van der Waals surface area contributed by atoms with E-state index in [2.05, 4.69) is 130 Å². The summed E-state index contributed by atoms with van der Waals surface area (Å²) in [5.74, 6) is -0.949. The van der Waals surface area contributed by atoms with Crippen molar-refractivity contribution in [2.45, 2.75) is 277 Å². The molecule has 0 saturated carbocycles. The van der Waals surface area contributed by atoms with Gasteiger partial charge in [-0.15, -0.1) is 0 Å². The Morgan fingerprint density at radius 3 is 1.01 bits per heavy atom. The summed E-state index contributed by atoms with van der Waals surface area (Å²) < 4.78 is 16.9. The number of ether oxygens (including phenoxy) is 3. The Hall–Kier alpha value is -3.93. The van der Waals surface area contributed by atoms with Gasteiger partial charge in [0.15, 0.2) is 6.10 Å². The molecule has 1 unspecified atom stereocenters. The van der Waals surface area contributed by atoms with Crippen LogP contribution in [0.4, 0.5) is 0 Å². The summed E-state index contributed by atoms with van der Waals surface area (Å²) in [5, 5.41) is 0. The molecule has 410 valence electrons. The van der Waals surface area contributed by atoms with Gasteiger partial charge in [0.25, 0.3) is 0 Å². The second-order valence-electron chi connectivity index (χ2n) is 19.6. The number of allylic oxidation sites excluding steroid dienone is 18. The summed E-state index contributed by atoms with van der Waals surface area (Å²) in [5.41, 5.74) is 0. The molecule has 0 aromatic carbocycles. The molecular weight excluding hydrogens is 889 g/mol. The van der Waals surface area contributed by atoms with E-state index >= 15 is 0 Å². The van der Waals surface area contributed by atoms with Crippen molar-refractivity contribution < 1.29 is 28.6 Å². The molecule has 0 N–H and O–H groups in total. The fourth-order valence-electron chi connectivity index (χ4n) is 8.13. The van der Waals surface area contributed by atoms with E-state index in [1.807, 2.05) is 0 Å². The molecule has 0 aliphatic rings. The highest BCUT2D eigenvalue weighted by atomic mass is 16.6. The summed E-state index contributed by atoms with van der Waals surface area (Å²) in [4.78, 5) is 38.2. The van der Waals surface area contributed by atoms with E-state index in [-0.39, 0.29) is 31.1 Å². The van der Waals surface area contributed by atoms with E-state index in [4.69, 9.17) is 14.2 Å². The molecule has 0 aliphatic carbocycles. The van der Waals surface area contributed by atoms with Gasteiger partial charge in [-0.25, -0.2) is 0 Å². The lowest BCUT2D eigenvalue weighted by molar-refractivity contribution is -0.167. The van der Waals surface area contributed by atoms with Crippen LogP contribution >= 0.6 is 0 Å². The number of hydrogen-bond acceptors (Lipinski definition) is 6. The standard InChI is InChI=1S/C66H110O6/c1-4-7-10-13-16-19-22-25-28-31-33-36-38-41-44-47-50-53-56-59-65(68)71-62-63(61-70-64(67)58-55-52-49-46-43-40-37-34-30-27-24-21-18-15-12-9-6-3)72-66(69)60-57-54-51-48-45-42-39-35-32-29-26-23-20-17-14-11-8-5-2/h7,10,16-17,19-20,23,25-26,28-29,32-33,35-36,39,41,44,63H,4-6,8-9,11-15,18,21-22,24,27,30-31,34,37-38,40,42-43,45-62H2,1-3H3/b10-7-,19-16-,20-17-,26-23-,28-25-,32-29-,36-33-,39-35-,44-41-. The van der Waals surface area contributed by atoms with Crippen LogP contribution in [0.15, 0.2) is 109 Å². The molecule has 0 spiro atoms. The first-order valence-electron chi connectivity index (χ1n) is 29.9. The highest BCUT2D eigenvalue weighted by Crippen LogP contribution is 2.16. The maximum absolute atomic E-state index is 12.9. The van der Waals surface area contributed by atoms with Crippen LogP contribution in [0, 0.1) is 0 Å². The highest BCUT2D eigenvalue weighted by Gasteiger charge is 2.19. The monoisotopic (exact) mass is 999 g/mol. The van der Waals surface area contributed by atoms with Crippen molar-refractivity contribution >= 4 is 17.9 Å². The van der Waals surface area contributed by atoms with Crippen molar-refractivity contribution in [3.8, 4) is 0 Å². The Morgan fingerprint density at radius 1 is 0.306 bits per heavy atom. The van der Waals surface area contributed by atoms with Crippen LogP contribution in [0.2, 0.25) is 0 Å². The number of rotatable bonds is 53. The van der Waals surface area contributed by atoms with Crippen molar-refractivity contribution in [3.63, 3.8) is 0 Å². The lowest BCUT2D eigenvalue weighted by Gasteiger charge is -2.18. The van der Waals surface area contributed by atoms with Gasteiger partial charge < -0.3 is 14.2 Å². The normalized spacial score (nSPS) is 12.9. The van der Waals surface area contributed by atoms with E-state index in [0.717, 1.165) is 122 Å². The minimum atomic E-state index is -0.806. The molecule has 0 fully saturated rings. The zero-order valence-electron chi connectivity index (χ0n) is 46.9. The average molecular weight is 1000 g/mol. The van der Waals surface area contributed by atoms with Crippen molar-refractivity contribution in [3.05, 3.63) is 109 Å². The zero-order valence-corrected chi connectivity index (χ0v) is 46.9. The van der Waals surface area contributed by atoms with Crippen LogP contribution in [0.25, 0.3) is 0 Å². The van der Waals surface area contributed by atoms with Crippen LogP contribution in [0.3, 0.4) is 0 Å². The third kappa shape index (κ3) is 57.0. The first-order chi connectivity index (χ1) is 35.5. The molecule has 0 aromatic heterocycles. The fourth-order valence-corrected chi connectivity index (χ4v) is 8.13. The van der Waals surface area contributed by atoms with Crippen LogP contribution in [0.1, 0.15) is 271 Å². The van der Waals surface area contributed by atoms with Crippen LogP contribution in [-0.4, -0.2) is 37.2 Å². The smallest absolute Gasteiger partial charge is 0.306 e. The SMILES string of the molecule is CC/C=C\C/C=C\C/C=C\C/C=C\C/C=C\CCCCCC(=O)OCC(COC(=O)CCCCCCCCCCCCCCCCCCC)OC(=O)CCCCCCC\C=C/C=C\C=C/C=C\CCCCC. The van der Waals surface area contributed by atoms with Crippen LogP contribution in [0.5, 0.6) is 0 Å². The predicted octanol–water partition coefficient (Wildman–Crippen LogP) is 20.3. The van der Waals surface area contributed by atoms with E-state index in [0.29, 0.717) is 19.3 Å². The Bertz CT molecular complexity index is 1470. The van der Waals surface area contributed by atoms with Crippen LogP contribution in [-0.2, 0) is 28.6 Å². The Kier molecular flexibility index (Phi) is 56.4. The molecule has 6 nitrogen and oxygen atoms in total. The van der Waals surface area contributed by atoms with Gasteiger partial charge in [0.05, 0.1) is 0 Å². The third-order valence-corrected chi connectivity index (χ3v) is 12.6. The van der Waals surface area contributed by atoms with Crippen LogP contribution < -0.4 is 0 Å². The molecule has 1 atom stereocenters. The van der Waals surface area contributed by atoms with Gasteiger partial charge in [0.1, 0.15) is 13.2 Å². The first kappa shape index (κ1) is 68.1. The molecule has 6 heteroatoms. The lowest BCUT2D eigenvalue weighted by Crippen LogP contribution is -2.30. The quantitative estimate of drug-likeness (QED) is 0.0199. The molecule has 0 rings (SSSR count). The third-order valence-electron chi connectivity index (χ3n) is 12.6. The molecule has 0 aromatic rings. The maximum Gasteiger partial charge on any atom is 0.306 e. The molecule has 0 saturated heterocycles. The molecule has 72 heavy (non-hydrogen) atoms. The second kappa shape index (κ2) is 59.6. The summed E-state index contributed by atoms with van der Waals surface area (Å²) in [6, 6.07) is 0. The number of unbranched alkanes of at least 4 members (excludes halogenated alkanes) is 27. The average Bonchev–Trinajstić information content (AvgIpc) is 3.38. The molecular formula is C66H110O6. The molecule has 0 radical (unpaired) electrons. The van der Waals surface area contributed by atoms with E-state index in [1.54, 1.807) is 0 Å². The molecule has 0 heterocycles. The van der Waals surface area contributed by atoms with Gasteiger partial charge >= 0.3 is 17.9 Å². The van der Waals surface area contributed by atoms with E-state index in [9.17, 15) is 14.4 Å². The van der Waals surface area contributed by atoms with Crippen molar-refractivity contribution in [2.24, 2.45) is 0 Å². The number of carbonyl (C=O) groups excluding carboxylic acids is 3. The predicted molar refractivity (Wildman–Crippen MR) is 311 cm³/mol. The summed E-state index contributed by atoms with van der Waals surface area (Å²) >= 11 is 0. The van der Waals surface area contributed by atoms with E-state index < -0.39 is 6.10 Å². The minimum Gasteiger partial charge on any atom is -0.462 e. The number of hydrogen-bond donors (Lipinski definition) is 0. The second-order valence-corrected chi connectivity index (χ2v) is 19.6. The minimum absolute atomic E-state index is 0.0980. The van der Waals surface area contributed by atoms with Gasteiger partial charge in [0.2, 0.25) is 0 Å². The van der Waals surface area contributed by atoms with Gasteiger partial charge in [-0.2, -0.15) is 0 Å². The zero-order chi connectivity index (χ0) is 52.2. The molecule has 0 bridgehead atoms. The summed E-state index contributed by atoms with van der Waals surface area (Å²) in [7, 11) is 0. The van der Waals surface area contributed by atoms with Gasteiger partial charge in [0, 0.05) is 19.3 Å². The fraction of sp³-hybridized carbons (Fsp3) is 0.682. The van der Waals surface area contributed by atoms with Crippen molar-refractivity contribution in [2.75, 3.05) is 13.2 Å². The van der Waals surface area contributed by atoms with Gasteiger partial charge in [-0.3, -0.25) is 14.4 Å². The topological polar surface area (TPSA) is 78.9 Å². The van der Waals surface area contributed by atoms with Gasteiger partial charge in [-0.05, 0) is 89.9 Å². The van der Waals surface area contributed by atoms with Crippen molar-refractivity contribution in [1.29, 1.82) is 0 Å². The lowest BCUT2D eigenvalue weighted by atomic mass is 10.0. The molecule has 0 amide bonds. The largest absolute Gasteiger partial charge is 0.462 e.